The number of aryl methyl sites for hydroxylation is 1. The van der Waals surface area contributed by atoms with Crippen LogP contribution in [0, 0.1) is 6.92 Å². The molecule has 6 nitrogen and oxygen atoms in total. The topological polar surface area (TPSA) is 56.1 Å². The van der Waals surface area contributed by atoms with Crippen molar-refractivity contribution in [1.29, 1.82) is 0 Å². The lowest BCUT2D eigenvalue weighted by molar-refractivity contribution is 0.174. The van der Waals surface area contributed by atoms with E-state index in [9.17, 15) is 5.11 Å². The minimum absolute atomic E-state index is 0.244. The molecule has 0 saturated carbocycles. The van der Waals surface area contributed by atoms with Crippen molar-refractivity contribution in [3.63, 3.8) is 0 Å². The Kier molecular flexibility index (Phi) is 6.20. The molecule has 4 aromatic rings. The highest BCUT2D eigenvalue weighted by atomic mass is 16.7. The van der Waals surface area contributed by atoms with Crippen LogP contribution in [-0.2, 0) is 6.54 Å². The second-order valence-electron chi connectivity index (χ2n) is 9.69. The summed E-state index contributed by atoms with van der Waals surface area (Å²) >= 11 is 0. The van der Waals surface area contributed by atoms with Crippen molar-refractivity contribution in [2.75, 3.05) is 33.0 Å². The summed E-state index contributed by atoms with van der Waals surface area (Å²) in [6, 6.07) is 20.1. The molecule has 36 heavy (non-hydrogen) atoms. The first-order valence-corrected chi connectivity index (χ1v) is 12.8. The van der Waals surface area contributed by atoms with E-state index in [-0.39, 0.29) is 6.79 Å². The maximum Gasteiger partial charge on any atom is 0.231 e. The quantitative estimate of drug-likeness (QED) is 0.351. The predicted molar refractivity (Wildman–Crippen MR) is 141 cm³/mol. The molecular weight excluding hydrogens is 452 g/mol. The highest BCUT2D eigenvalue weighted by Gasteiger charge is 2.21. The molecule has 3 aromatic carbocycles. The number of aromatic nitrogens is 1. The lowest BCUT2D eigenvalue weighted by Gasteiger charge is -2.26. The van der Waals surface area contributed by atoms with Crippen molar-refractivity contribution in [1.82, 2.24) is 9.47 Å². The summed E-state index contributed by atoms with van der Waals surface area (Å²) in [5.41, 5.74) is 5.30. The second-order valence-corrected chi connectivity index (χ2v) is 9.69. The van der Waals surface area contributed by atoms with Crippen molar-refractivity contribution in [3.05, 3.63) is 71.8 Å². The van der Waals surface area contributed by atoms with E-state index in [1.165, 1.54) is 37.9 Å². The average Bonchev–Trinajstić information content (AvgIpc) is 3.48. The smallest absolute Gasteiger partial charge is 0.231 e. The van der Waals surface area contributed by atoms with Crippen LogP contribution in [0.15, 0.2) is 60.7 Å². The SMILES string of the molecule is Cc1c(-c2ccc3c(c2)OCO3)n(Cc2ccc(OCCN3CCCCC3)cc2)c2cccc(O)c12. The minimum Gasteiger partial charge on any atom is -0.507 e. The van der Waals surface area contributed by atoms with Crippen molar-refractivity contribution >= 4 is 10.9 Å². The third-order valence-corrected chi connectivity index (χ3v) is 7.35. The normalized spacial score (nSPS) is 15.5. The lowest BCUT2D eigenvalue weighted by atomic mass is 10.1. The van der Waals surface area contributed by atoms with Crippen LogP contribution in [-0.4, -0.2) is 47.6 Å². The Hall–Kier alpha value is -3.64. The first kappa shape index (κ1) is 22.8. The number of piperidine rings is 1. The van der Waals surface area contributed by atoms with Crippen LogP contribution in [0.2, 0.25) is 0 Å². The Morgan fingerprint density at radius 1 is 0.917 bits per heavy atom. The number of aromatic hydroxyl groups is 1. The number of rotatable bonds is 7. The van der Waals surface area contributed by atoms with Crippen LogP contribution in [0.3, 0.4) is 0 Å². The fourth-order valence-electron chi connectivity index (χ4n) is 5.51. The Morgan fingerprint density at radius 3 is 2.56 bits per heavy atom. The molecule has 0 unspecified atom stereocenters. The third kappa shape index (κ3) is 4.37. The van der Waals surface area contributed by atoms with E-state index >= 15 is 0 Å². The summed E-state index contributed by atoms with van der Waals surface area (Å²) in [6.45, 7) is 7.06. The molecule has 0 atom stereocenters. The molecule has 2 aliphatic rings. The van der Waals surface area contributed by atoms with E-state index in [4.69, 9.17) is 14.2 Å². The van der Waals surface area contributed by atoms with Gasteiger partial charge < -0.3 is 23.9 Å². The van der Waals surface area contributed by atoms with Crippen LogP contribution < -0.4 is 14.2 Å². The number of phenolic OH excluding ortho intramolecular Hbond substituents is 1. The summed E-state index contributed by atoms with van der Waals surface area (Å²) < 4.78 is 19.5. The van der Waals surface area contributed by atoms with Gasteiger partial charge in [0.15, 0.2) is 11.5 Å². The molecule has 1 aromatic heterocycles. The molecule has 2 aliphatic heterocycles. The average molecular weight is 485 g/mol. The number of likely N-dealkylation sites (tertiary alicyclic amines) is 1. The van der Waals surface area contributed by atoms with Crippen LogP contribution in [0.5, 0.6) is 23.0 Å². The second kappa shape index (κ2) is 9.78. The number of ether oxygens (including phenoxy) is 3. The summed E-state index contributed by atoms with van der Waals surface area (Å²) in [4.78, 5) is 2.49. The zero-order valence-electron chi connectivity index (χ0n) is 20.7. The Morgan fingerprint density at radius 2 is 1.72 bits per heavy atom. The van der Waals surface area contributed by atoms with E-state index in [0.29, 0.717) is 18.9 Å². The summed E-state index contributed by atoms with van der Waals surface area (Å²) in [7, 11) is 0. The zero-order valence-corrected chi connectivity index (χ0v) is 20.7. The summed E-state index contributed by atoms with van der Waals surface area (Å²) in [5.74, 6) is 2.71. The monoisotopic (exact) mass is 484 g/mol. The van der Waals surface area contributed by atoms with E-state index in [1.54, 1.807) is 6.07 Å². The van der Waals surface area contributed by atoms with Gasteiger partial charge in [0.05, 0.1) is 11.2 Å². The first-order valence-electron chi connectivity index (χ1n) is 12.8. The minimum atomic E-state index is 0.244. The van der Waals surface area contributed by atoms with Crippen molar-refractivity contribution in [2.45, 2.75) is 32.7 Å². The van der Waals surface area contributed by atoms with Crippen LogP contribution >= 0.6 is 0 Å². The van der Waals surface area contributed by atoms with Gasteiger partial charge in [0, 0.05) is 24.0 Å². The van der Waals surface area contributed by atoms with Gasteiger partial charge in [-0.25, -0.2) is 0 Å². The van der Waals surface area contributed by atoms with Crippen molar-refractivity contribution < 1.29 is 19.3 Å². The third-order valence-electron chi connectivity index (χ3n) is 7.35. The maximum absolute atomic E-state index is 10.7. The van der Waals surface area contributed by atoms with Gasteiger partial charge in [0.2, 0.25) is 6.79 Å². The van der Waals surface area contributed by atoms with E-state index in [0.717, 1.165) is 51.5 Å². The summed E-state index contributed by atoms with van der Waals surface area (Å²) in [6.07, 6.45) is 3.95. The standard InChI is InChI=1S/C30H32N2O4/c1-21-29-25(6-5-7-26(29)33)32(30(21)23-10-13-27-28(18-23)36-20-35-27)19-22-8-11-24(12-9-22)34-17-16-31-14-3-2-4-15-31/h5-13,18,33H,2-4,14-17,19-20H2,1H3. The van der Waals surface area contributed by atoms with E-state index in [1.807, 2.05) is 18.2 Å². The molecule has 3 heterocycles. The van der Waals surface area contributed by atoms with Crippen LogP contribution in [0.25, 0.3) is 22.2 Å². The van der Waals surface area contributed by atoms with E-state index in [2.05, 4.69) is 52.8 Å². The molecule has 6 rings (SSSR count). The fourth-order valence-corrected chi connectivity index (χ4v) is 5.51. The summed E-state index contributed by atoms with van der Waals surface area (Å²) in [5, 5.41) is 11.6. The number of phenols is 1. The fraction of sp³-hybridized carbons (Fsp3) is 0.333. The molecule has 0 aliphatic carbocycles. The van der Waals surface area contributed by atoms with Gasteiger partial charge in [-0.15, -0.1) is 0 Å². The van der Waals surface area contributed by atoms with Crippen LogP contribution in [0.1, 0.15) is 30.4 Å². The van der Waals surface area contributed by atoms with E-state index < -0.39 is 0 Å². The van der Waals surface area contributed by atoms with Crippen LogP contribution in [0.4, 0.5) is 0 Å². The lowest BCUT2D eigenvalue weighted by Crippen LogP contribution is -2.33. The largest absolute Gasteiger partial charge is 0.507 e. The Bertz CT molecular complexity index is 1370. The molecule has 1 fully saturated rings. The molecule has 0 spiro atoms. The highest BCUT2D eigenvalue weighted by molar-refractivity contribution is 5.96. The van der Waals surface area contributed by atoms with Gasteiger partial charge in [-0.1, -0.05) is 24.6 Å². The number of hydrogen-bond donors (Lipinski definition) is 1. The number of fused-ring (bicyclic) bond motifs is 2. The molecule has 0 bridgehead atoms. The Labute approximate surface area is 211 Å². The van der Waals surface area contributed by atoms with Crippen molar-refractivity contribution in [2.24, 2.45) is 0 Å². The number of hydrogen-bond acceptors (Lipinski definition) is 5. The molecular formula is C30H32N2O4. The molecule has 1 N–H and O–H groups in total. The zero-order chi connectivity index (χ0) is 24.5. The molecule has 0 radical (unpaired) electrons. The molecule has 186 valence electrons. The Balaban J connectivity index is 1.27. The van der Waals surface area contributed by atoms with Gasteiger partial charge in [-0.3, -0.25) is 4.90 Å². The van der Waals surface area contributed by atoms with Gasteiger partial charge in [0.25, 0.3) is 0 Å². The molecule has 0 amide bonds. The van der Waals surface area contributed by atoms with Crippen molar-refractivity contribution in [3.8, 4) is 34.3 Å². The van der Waals surface area contributed by atoms with Gasteiger partial charge >= 0.3 is 0 Å². The molecule has 6 heteroatoms. The van der Waals surface area contributed by atoms with Gasteiger partial charge in [-0.2, -0.15) is 0 Å². The maximum atomic E-state index is 10.7. The molecule has 1 saturated heterocycles. The predicted octanol–water partition coefficient (Wildman–Crippen LogP) is 5.96. The highest BCUT2D eigenvalue weighted by Crippen LogP contribution is 2.42. The number of nitrogens with zero attached hydrogens (tertiary/aromatic N) is 2. The number of benzene rings is 3. The van der Waals surface area contributed by atoms with Gasteiger partial charge in [-0.05, 0) is 86.4 Å². The first-order chi connectivity index (χ1) is 17.7. The van der Waals surface area contributed by atoms with Gasteiger partial charge in [0.1, 0.15) is 18.1 Å².